The monoisotopic (exact) mass is 342 g/mol. The Hall–Kier alpha value is -2.60. The SMILES string of the molecule is CCOc1ccc(-c2cc(-c3nccs3)cc[n+]2[O-])cc1OCC. The third kappa shape index (κ3) is 3.33. The maximum atomic E-state index is 12.2. The number of pyridine rings is 1. The highest BCUT2D eigenvalue weighted by atomic mass is 32.1. The van der Waals surface area contributed by atoms with E-state index >= 15 is 0 Å². The van der Waals surface area contributed by atoms with E-state index in [1.165, 1.54) is 17.5 Å². The Morgan fingerprint density at radius 3 is 2.54 bits per heavy atom. The Morgan fingerprint density at radius 1 is 1.04 bits per heavy atom. The van der Waals surface area contributed by atoms with Crippen LogP contribution in [0.25, 0.3) is 21.8 Å². The Morgan fingerprint density at radius 2 is 1.83 bits per heavy atom. The molecule has 0 aliphatic rings. The fraction of sp³-hybridized carbons (Fsp3) is 0.222. The molecule has 3 rings (SSSR count). The lowest BCUT2D eigenvalue weighted by Gasteiger charge is -2.12. The highest BCUT2D eigenvalue weighted by Crippen LogP contribution is 2.33. The van der Waals surface area contributed by atoms with E-state index in [0.29, 0.717) is 30.4 Å². The molecule has 0 bridgehead atoms. The first-order chi connectivity index (χ1) is 11.7. The van der Waals surface area contributed by atoms with Crippen LogP contribution in [0.4, 0.5) is 0 Å². The molecule has 2 heterocycles. The van der Waals surface area contributed by atoms with Crippen molar-refractivity contribution in [3.8, 4) is 33.3 Å². The van der Waals surface area contributed by atoms with Gasteiger partial charge in [0, 0.05) is 29.3 Å². The largest absolute Gasteiger partial charge is 0.618 e. The van der Waals surface area contributed by atoms with Crippen LogP contribution < -0.4 is 14.2 Å². The molecule has 0 atom stereocenters. The van der Waals surface area contributed by atoms with Gasteiger partial charge >= 0.3 is 0 Å². The predicted octanol–water partition coefficient (Wildman–Crippen LogP) is 3.91. The molecule has 6 heteroatoms. The number of nitrogens with zero attached hydrogens (tertiary/aromatic N) is 2. The van der Waals surface area contributed by atoms with Gasteiger partial charge in [0.15, 0.2) is 17.7 Å². The van der Waals surface area contributed by atoms with Crippen molar-refractivity contribution in [2.75, 3.05) is 13.2 Å². The standard InChI is InChI=1S/C18H18N2O3S/c1-3-22-16-6-5-13(12-17(16)23-4-2)15-11-14(7-9-20(15)21)18-19-8-10-24-18/h5-12H,3-4H2,1-2H3. The molecule has 0 amide bonds. The zero-order chi connectivity index (χ0) is 16.9. The van der Waals surface area contributed by atoms with E-state index < -0.39 is 0 Å². The van der Waals surface area contributed by atoms with Crippen LogP contribution in [0.5, 0.6) is 11.5 Å². The van der Waals surface area contributed by atoms with Gasteiger partial charge in [-0.3, -0.25) is 0 Å². The minimum atomic E-state index is 0.528. The van der Waals surface area contributed by atoms with E-state index in [0.717, 1.165) is 20.9 Å². The number of benzene rings is 1. The van der Waals surface area contributed by atoms with Crippen LogP contribution in [-0.4, -0.2) is 18.2 Å². The number of hydrogen-bond acceptors (Lipinski definition) is 5. The van der Waals surface area contributed by atoms with E-state index in [4.69, 9.17) is 9.47 Å². The first-order valence-electron chi connectivity index (χ1n) is 7.76. The molecular weight excluding hydrogens is 324 g/mol. The first-order valence-corrected chi connectivity index (χ1v) is 8.64. The number of ether oxygens (including phenoxy) is 2. The summed E-state index contributed by atoms with van der Waals surface area (Å²) in [7, 11) is 0. The van der Waals surface area contributed by atoms with Crippen LogP contribution in [0.15, 0.2) is 48.1 Å². The molecule has 3 aromatic rings. The average Bonchev–Trinajstić information content (AvgIpc) is 3.12. The summed E-state index contributed by atoms with van der Waals surface area (Å²) >= 11 is 1.54. The summed E-state index contributed by atoms with van der Waals surface area (Å²) in [4.78, 5) is 4.30. The van der Waals surface area contributed by atoms with Gasteiger partial charge < -0.3 is 14.7 Å². The normalized spacial score (nSPS) is 10.6. The third-order valence-electron chi connectivity index (χ3n) is 3.44. The molecule has 0 radical (unpaired) electrons. The van der Waals surface area contributed by atoms with Gasteiger partial charge in [-0.15, -0.1) is 11.3 Å². The van der Waals surface area contributed by atoms with Crippen molar-refractivity contribution >= 4 is 11.3 Å². The van der Waals surface area contributed by atoms with Crippen molar-refractivity contribution in [3.05, 3.63) is 53.3 Å². The summed E-state index contributed by atoms with van der Waals surface area (Å²) in [5, 5.41) is 15.0. The summed E-state index contributed by atoms with van der Waals surface area (Å²) < 4.78 is 12.1. The number of thiazole rings is 1. The van der Waals surface area contributed by atoms with Gasteiger partial charge in [0.05, 0.1) is 18.8 Å². The van der Waals surface area contributed by atoms with Crippen molar-refractivity contribution in [3.63, 3.8) is 0 Å². The summed E-state index contributed by atoms with van der Waals surface area (Å²) in [6, 6.07) is 9.15. The summed E-state index contributed by atoms with van der Waals surface area (Å²) in [6.07, 6.45) is 3.25. The maximum Gasteiger partial charge on any atom is 0.224 e. The average molecular weight is 342 g/mol. The van der Waals surface area contributed by atoms with Crippen molar-refractivity contribution in [1.82, 2.24) is 4.98 Å². The Balaban J connectivity index is 2.04. The molecule has 0 saturated heterocycles. The molecule has 24 heavy (non-hydrogen) atoms. The van der Waals surface area contributed by atoms with E-state index in [2.05, 4.69) is 4.98 Å². The van der Waals surface area contributed by atoms with E-state index in [9.17, 15) is 5.21 Å². The van der Waals surface area contributed by atoms with Crippen LogP contribution in [-0.2, 0) is 0 Å². The summed E-state index contributed by atoms with van der Waals surface area (Å²) in [5.41, 5.74) is 2.24. The second-order valence-electron chi connectivity index (χ2n) is 4.99. The molecule has 5 nitrogen and oxygen atoms in total. The van der Waals surface area contributed by atoms with Crippen LogP contribution in [0.2, 0.25) is 0 Å². The van der Waals surface area contributed by atoms with Gasteiger partial charge in [0.1, 0.15) is 5.01 Å². The maximum absolute atomic E-state index is 12.2. The van der Waals surface area contributed by atoms with Crippen LogP contribution in [0.1, 0.15) is 13.8 Å². The molecule has 0 N–H and O–H groups in total. The summed E-state index contributed by atoms with van der Waals surface area (Å²) in [5.74, 6) is 1.31. The quantitative estimate of drug-likeness (QED) is 0.503. The van der Waals surface area contributed by atoms with Gasteiger partial charge in [0.2, 0.25) is 5.69 Å². The highest BCUT2D eigenvalue weighted by Gasteiger charge is 2.15. The van der Waals surface area contributed by atoms with Crippen LogP contribution in [0, 0.1) is 5.21 Å². The van der Waals surface area contributed by atoms with Gasteiger partial charge in [-0.1, -0.05) is 0 Å². The molecule has 0 unspecified atom stereocenters. The van der Waals surface area contributed by atoms with Crippen molar-refractivity contribution in [2.45, 2.75) is 13.8 Å². The fourth-order valence-corrected chi connectivity index (χ4v) is 3.04. The molecule has 124 valence electrons. The van der Waals surface area contributed by atoms with Gasteiger partial charge in [-0.2, -0.15) is 4.73 Å². The highest BCUT2D eigenvalue weighted by molar-refractivity contribution is 7.13. The molecule has 0 saturated carbocycles. The Labute approximate surface area is 144 Å². The first kappa shape index (κ1) is 16.3. The van der Waals surface area contributed by atoms with Crippen molar-refractivity contribution < 1.29 is 14.2 Å². The lowest BCUT2D eigenvalue weighted by Crippen LogP contribution is -2.28. The van der Waals surface area contributed by atoms with Gasteiger partial charge in [0.25, 0.3) is 0 Å². The van der Waals surface area contributed by atoms with Crippen LogP contribution >= 0.6 is 11.3 Å². The smallest absolute Gasteiger partial charge is 0.224 e. The Bertz CT molecular complexity index is 819. The van der Waals surface area contributed by atoms with E-state index in [-0.39, 0.29) is 0 Å². The van der Waals surface area contributed by atoms with Crippen LogP contribution in [0.3, 0.4) is 0 Å². The predicted molar refractivity (Wildman–Crippen MR) is 94.3 cm³/mol. The van der Waals surface area contributed by atoms with Crippen molar-refractivity contribution in [1.29, 1.82) is 0 Å². The molecule has 0 aliphatic heterocycles. The van der Waals surface area contributed by atoms with E-state index in [1.807, 2.05) is 43.5 Å². The lowest BCUT2D eigenvalue weighted by molar-refractivity contribution is -0.593. The summed E-state index contributed by atoms with van der Waals surface area (Å²) in [6.45, 7) is 4.92. The second kappa shape index (κ2) is 7.31. The molecule has 2 aromatic heterocycles. The third-order valence-corrected chi connectivity index (χ3v) is 4.26. The molecule has 0 spiro atoms. The lowest BCUT2D eigenvalue weighted by atomic mass is 10.1. The van der Waals surface area contributed by atoms with E-state index in [1.54, 1.807) is 12.3 Å². The molecule has 1 aromatic carbocycles. The number of aromatic nitrogens is 2. The number of hydrogen-bond donors (Lipinski definition) is 0. The minimum absolute atomic E-state index is 0.528. The van der Waals surface area contributed by atoms with Crippen molar-refractivity contribution in [2.24, 2.45) is 0 Å². The minimum Gasteiger partial charge on any atom is -0.618 e. The zero-order valence-electron chi connectivity index (χ0n) is 13.6. The molecule has 0 fully saturated rings. The zero-order valence-corrected chi connectivity index (χ0v) is 14.4. The van der Waals surface area contributed by atoms with Gasteiger partial charge in [-0.25, -0.2) is 4.98 Å². The molecule has 0 aliphatic carbocycles. The number of rotatable bonds is 6. The Kier molecular flexibility index (Phi) is 4.96. The topological polar surface area (TPSA) is 58.3 Å². The fourth-order valence-electron chi connectivity index (χ4n) is 2.41. The molecular formula is C18H18N2O3S. The van der Waals surface area contributed by atoms with Gasteiger partial charge in [-0.05, 0) is 32.0 Å². The second-order valence-corrected chi connectivity index (χ2v) is 5.89.